The zero-order chi connectivity index (χ0) is 22.8. The van der Waals surface area contributed by atoms with Crippen LogP contribution in [0, 0.1) is 11.6 Å². The van der Waals surface area contributed by atoms with Crippen LogP contribution >= 0.6 is 0 Å². The number of hydrogen-bond donors (Lipinski definition) is 2. The van der Waals surface area contributed by atoms with Gasteiger partial charge >= 0.3 is 0 Å². The van der Waals surface area contributed by atoms with E-state index < -0.39 is 47.2 Å². The molecule has 0 unspecified atom stereocenters. The number of para-hydroxylation sites is 1. The summed E-state index contributed by atoms with van der Waals surface area (Å²) in [6.07, 6.45) is 0. The Morgan fingerprint density at radius 1 is 1.13 bits per heavy atom. The summed E-state index contributed by atoms with van der Waals surface area (Å²) < 4.78 is 57.1. The molecule has 10 heteroatoms. The lowest BCUT2D eigenvalue weighted by atomic mass is 10.00. The van der Waals surface area contributed by atoms with E-state index in [-0.39, 0.29) is 16.9 Å². The minimum Gasteiger partial charge on any atom is -0.344 e. The molecule has 2 aromatic carbocycles. The highest BCUT2D eigenvalue weighted by Gasteiger charge is 2.34. The van der Waals surface area contributed by atoms with Crippen molar-refractivity contribution in [3.63, 3.8) is 0 Å². The zero-order valence-corrected chi connectivity index (χ0v) is 16.3. The van der Waals surface area contributed by atoms with Crippen LogP contribution in [0.15, 0.2) is 59.4 Å². The minimum atomic E-state index is -3.57. The molecule has 3 rings (SSSR count). The predicted molar refractivity (Wildman–Crippen MR) is 105 cm³/mol. The summed E-state index contributed by atoms with van der Waals surface area (Å²) in [6.45, 7) is 0.323. The van der Waals surface area contributed by atoms with Crippen LogP contribution in [-0.2, 0) is 5.92 Å². The number of carbonyl (C=O) groups is 1. The quantitative estimate of drug-likeness (QED) is 0.584. The van der Waals surface area contributed by atoms with Crippen molar-refractivity contribution in [3.05, 3.63) is 93.4 Å². The van der Waals surface area contributed by atoms with Crippen molar-refractivity contribution in [2.45, 2.75) is 18.9 Å². The molecule has 0 aliphatic rings. The van der Waals surface area contributed by atoms with Crippen molar-refractivity contribution in [1.29, 1.82) is 0 Å². The topological polar surface area (TPSA) is 90.0 Å². The third-order valence-corrected chi connectivity index (χ3v) is 4.61. The smallest absolute Gasteiger partial charge is 0.288 e. The molecule has 0 saturated heterocycles. The van der Waals surface area contributed by atoms with Crippen molar-refractivity contribution in [2.75, 3.05) is 6.54 Å². The van der Waals surface area contributed by atoms with Gasteiger partial charge in [0.05, 0.1) is 18.2 Å². The number of nitrogens with one attached hydrogen (secondary N) is 1. The fraction of sp³-hybridized carbons (Fsp3) is 0.190. The van der Waals surface area contributed by atoms with E-state index in [1.165, 1.54) is 37.3 Å². The number of hydrogen-bond acceptors (Lipinski definition) is 4. The highest BCUT2D eigenvalue weighted by atomic mass is 19.3. The Kier molecular flexibility index (Phi) is 6.21. The van der Waals surface area contributed by atoms with Crippen molar-refractivity contribution >= 4 is 5.91 Å². The molecular formula is C21H18F4N4O2. The molecule has 31 heavy (non-hydrogen) atoms. The molecule has 162 valence electrons. The Labute approximate surface area is 174 Å². The first-order chi connectivity index (χ1) is 14.7. The monoisotopic (exact) mass is 434 g/mol. The average molecular weight is 434 g/mol. The second kappa shape index (κ2) is 8.68. The van der Waals surface area contributed by atoms with Gasteiger partial charge in [-0.05, 0) is 25.1 Å². The SMILES string of the molecule is C[C@@H](NC(=O)c1ccc(=O)n(-c2ccccc2F)n1)c1cccc(C(F)(F)CN)c1F. The van der Waals surface area contributed by atoms with Gasteiger partial charge in [-0.25, -0.2) is 8.78 Å². The van der Waals surface area contributed by atoms with E-state index in [0.717, 1.165) is 28.9 Å². The molecule has 3 N–H and O–H groups in total. The van der Waals surface area contributed by atoms with Crippen LogP contribution in [0.5, 0.6) is 0 Å². The number of halogens is 4. The second-order valence-electron chi connectivity index (χ2n) is 6.73. The molecule has 3 aromatic rings. The Balaban J connectivity index is 1.89. The molecule has 1 aromatic heterocycles. The van der Waals surface area contributed by atoms with E-state index in [4.69, 9.17) is 5.73 Å². The molecule has 0 fully saturated rings. The van der Waals surface area contributed by atoms with Gasteiger partial charge < -0.3 is 11.1 Å². The summed E-state index contributed by atoms with van der Waals surface area (Å²) in [6, 6.07) is 9.91. The van der Waals surface area contributed by atoms with Gasteiger partial charge in [0.2, 0.25) is 0 Å². The molecule has 6 nitrogen and oxygen atoms in total. The van der Waals surface area contributed by atoms with Gasteiger partial charge in [-0.2, -0.15) is 18.6 Å². The van der Waals surface area contributed by atoms with Crippen LogP contribution in [0.2, 0.25) is 0 Å². The number of carbonyl (C=O) groups excluding carboxylic acids is 1. The zero-order valence-electron chi connectivity index (χ0n) is 16.3. The van der Waals surface area contributed by atoms with Gasteiger partial charge in [-0.3, -0.25) is 9.59 Å². The molecule has 0 aliphatic carbocycles. The van der Waals surface area contributed by atoms with E-state index in [0.29, 0.717) is 0 Å². The largest absolute Gasteiger partial charge is 0.344 e. The number of alkyl halides is 2. The summed E-state index contributed by atoms with van der Waals surface area (Å²) >= 11 is 0. The molecule has 0 bridgehead atoms. The van der Waals surface area contributed by atoms with Crippen molar-refractivity contribution in [3.8, 4) is 5.69 Å². The van der Waals surface area contributed by atoms with Crippen LogP contribution in [0.3, 0.4) is 0 Å². The fourth-order valence-electron chi connectivity index (χ4n) is 2.95. The predicted octanol–water partition coefficient (Wildman–Crippen LogP) is 3.05. The molecule has 0 saturated carbocycles. The Morgan fingerprint density at radius 2 is 1.84 bits per heavy atom. The standard InChI is InChI=1S/C21H18F4N4O2/c1-12(13-5-4-6-14(19(13)23)21(24,25)11-26)27-20(31)16-9-10-18(30)29(28-16)17-8-3-2-7-15(17)22/h2-10,12H,11,26H2,1H3,(H,27,31)/t12-/m1/s1. The lowest BCUT2D eigenvalue weighted by Crippen LogP contribution is -2.32. The normalized spacial score (nSPS) is 12.5. The van der Waals surface area contributed by atoms with E-state index in [1.807, 2.05) is 0 Å². The van der Waals surface area contributed by atoms with Gasteiger partial charge in [0.15, 0.2) is 0 Å². The van der Waals surface area contributed by atoms with Crippen LogP contribution < -0.4 is 16.6 Å². The van der Waals surface area contributed by atoms with Gasteiger partial charge in [-0.15, -0.1) is 0 Å². The average Bonchev–Trinajstić information content (AvgIpc) is 2.74. The number of rotatable bonds is 6. The minimum absolute atomic E-state index is 0.155. The van der Waals surface area contributed by atoms with Crippen LogP contribution in [0.25, 0.3) is 5.69 Å². The van der Waals surface area contributed by atoms with Crippen LogP contribution in [0.4, 0.5) is 17.6 Å². The number of nitrogens with two attached hydrogens (primary N) is 1. The molecule has 0 spiro atoms. The summed E-state index contributed by atoms with van der Waals surface area (Å²) in [5.74, 6) is -6.29. The molecule has 0 radical (unpaired) electrons. The highest BCUT2D eigenvalue weighted by Crippen LogP contribution is 2.32. The number of benzene rings is 2. The summed E-state index contributed by atoms with van der Waals surface area (Å²) in [4.78, 5) is 24.7. The van der Waals surface area contributed by atoms with E-state index in [1.54, 1.807) is 0 Å². The Morgan fingerprint density at radius 3 is 2.52 bits per heavy atom. The van der Waals surface area contributed by atoms with Crippen molar-refractivity contribution in [1.82, 2.24) is 15.1 Å². The molecule has 0 aliphatic heterocycles. The summed E-state index contributed by atoms with van der Waals surface area (Å²) in [5.41, 5.74) is 2.90. The molecule has 1 amide bonds. The van der Waals surface area contributed by atoms with Gasteiger partial charge in [-0.1, -0.05) is 30.3 Å². The van der Waals surface area contributed by atoms with E-state index in [9.17, 15) is 27.2 Å². The molecule has 1 heterocycles. The third-order valence-electron chi connectivity index (χ3n) is 4.61. The summed E-state index contributed by atoms with van der Waals surface area (Å²) in [7, 11) is 0. The van der Waals surface area contributed by atoms with Gasteiger partial charge in [0, 0.05) is 11.6 Å². The van der Waals surface area contributed by atoms with E-state index >= 15 is 0 Å². The van der Waals surface area contributed by atoms with Crippen molar-refractivity contribution < 1.29 is 22.4 Å². The van der Waals surface area contributed by atoms with Crippen molar-refractivity contribution in [2.24, 2.45) is 5.73 Å². The maximum atomic E-state index is 14.7. The molecular weight excluding hydrogens is 416 g/mol. The Bertz CT molecular complexity index is 1180. The fourth-order valence-corrected chi connectivity index (χ4v) is 2.95. The first kappa shape index (κ1) is 22.2. The van der Waals surface area contributed by atoms with E-state index in [2.05, 4.69) is 10.4 Å². The highest BCUT2D eigenvalue weighted by molar-refractivity contribution is 5.92. The van der Waals surface area contributed by atoms with Gasteiger partial charge in [0.1, 0.15) is 23.0 Å². The van der Waals surface area contributed by atoms with Crippen LogP contribution in [-0.4, -0.2) is 22.2 Å². The lowest BCUT2D eigenvalue weighted by molar-refractivity contribution is 0.00218. The first-order valence-electron chi connectivity index (χ1n) is 9.18. The van der Waals surface area contributed by atoms with Crippen LogP contribution in [0.1, 0.15) is 34.6 Å². The maximum absolute atomic E-state index is 14.7. The second-order valence-corrected chi connectivity index (χ2v) is 6.73. The van der Waals surface area contributed by atoms with Gasteiger partial charge in [0.25, 0.3) is 17.4 Å². The maximum Gasteiger partial charge on any atom is 0.288 e. The summed E-state index contributed by atoms with van der Waals surface area (Å²) in [5, 5.41) is 6.30. The molecule has 1 atom stereocenters. The first-order valence-corrected chi connectivity index (χ1v) is 9.18. The number of amides is 1. The Hall–Kier alpha value is -3.53. The number of nitrogens with zero attached hydrogens (tertiary/aromatic N) is 2. The third kappa shape index (κ3) is 4.48. The lowest BCUT2D eigenvalue weighted by Gasteiger charge is -2.20. The number of aromatic nitrogens is 2.